The lowest BCUT2D eigenvalue weighted by molar-refractivity contribution is -0.137. The van der Waals surface area contributed by atoms with Crippen molar-refractivity contribution >= 4 is 63.8 Å². The van der Waals surface area contributed by atoms with Crippen LogP contribution in [0.4, 0.5) is 24.5 Å². The third-order valence-electron chi connectivity index (χ3n) is 7.09. The number of fused-ring (bicyclic) bond motifs is 2. The lowest BCUT2D eigenvalue weighted by atomic mass is 9.83. The first-order valence-electron chi connectivity index (χ1n) is 12.6. The summed E-state index contributed by atoms with van der Waals surface area (Å²) in [5, 5.41) is 2.32. The molecule has 13 heteroatoms. The molecule has 2 aliphatic heterocycles. The van der Waals surface area contributed by atoms with E-state index >= 15 is 0 Å². The van der Waals surface area contributed by atoms with Crippen LogP contribution < -0.4 is 15.1 Å². The molecule has 3 heterocycles. The van der Waals surface area contributed by atoms with Crippen LogP contribution in [0.25, 0.3) is 0 Å². The van der Waals surface area contributed by atoms with Crippen molar-refractivity contribution in [3.05, 3.63) is 110 Å². The van der Waals surface area contributed by atoms with E-state index < -0.39 is 57.1 Å². The average molecular weight is 630 g/mol. The zero-order valence-corrected chi connectivity index (χ0v) is 23.7. The van der Waals surface area contributed by atoms with E-state index in [4.69, 9.17) is 11.6 Å². The summed E-state index contributed by atoms with van der Waals surface area (Å²) in [5.41, 5.74) is -0.567. The summed E-state index contributed by atoms with van der Waals surface area (Å²) in [7, 11) is 0. The van der Waals surface area contributed by atoms with Crippen LogP contribution in [-0.2, 0) is 27.1 Å². The Morgan fingerprint density at radius 2 is 1.57 bits per heavy atom. The molecular weight excluding hydrogens is 611 g/mol. The minimum atomic E-state index is -4.81. The number of halogens is 4. The van der Waals surface area contributed by atoms with Crippen molar-refractivity contribution in [3.63, 3.8) is 0 Å². The van der Waals surface area contributed by atoms with Gasteiger partial charge in [-0.3, -0.25) is 23.7 Å². The number of thiazole rings is 1. The first-order chi connectivity index (χ1) is 20.0. The van der Waals surface area contributed by atoms with Gasteiger partial charge in [0.15, 0.2) is 0 Å². The zero-order chi connectivity index (χ0) is 29.8. The first-order valence-corrected chi connectivity index (χ1v) is 14.7. The van der Waals surface area contributed by atoms with Crippen LogP contribution in [0.2, 0.25) is 5.02 Å². The van der Waals surface area contributed by atoms with Crippen molar-refractivity contribution in [1.29, 1.82) is 0 Å². The first kappa shape index (κ1) is 28.3. The molecular formula is C29H19ClF3N3O4S2. The monoisotopic (exact) mass is 629 g/mol. The zero-order valence-electron chi connectivity index (χ0n) is 21.3. The Hall–Kier alpha value is -3.87. The summed E-state index contributed by atoms with van der Waals surface area (Å²) in [5.74, 6) is -4.03. The fourth-order valence-corrected chi connectivity index (χ4v) is 8.20. The van der Waals surface area contributed by atoms with Crippen LogP contribution in [0.15, 0.2) is 88.7 Å². The lowest BCUT2D eigenvalue weighted by Crippen LogP contribution is -2.33. The second-order valence-electron chi connectivity index (χ2n) is 9.66. The minimum Gasteiger partial charge on any atom is -0.325 e. The third-order valence-corrected chi connectivity index (χ3v) is 9.94. The van der Waals surface area contributed by atoms with Gasteiger partial charge in [-0.2, -0.15) is 13.2 Å². The molecule has 3 aromatic carbocycles. The highest BCUT2D eigenvalue weighted by atomic mass is 35.5. The van der Waals surface area contributed by atoms with E-state index in [0.29, 0.717) is 31.1 Å². The predicted octanol–water partition coefficient (Wildman–Crippen LogP) is 6.02. The van der Waals surface area contributed by atoms with Gasteiger partial charge < -0.3 is 5.32 Å². The Labute approximate surface area is 249 Å². The number of imide groups is 1. The Bertz CT molecular complexity index is 1770. The van der Waals surface area contributed by atoms with Crippen LogP contribution in [0.5, 0.6) is 0 Å². The van der Waals surface area contributed by atoms with E-state index in [1.54, 1.807) is 54.6 Å². The molecule has 1 saturated heterocycles. The van der Waals surface area contributed by atoms with Crippen molar-refractivity contribution in [3.8, 4) is 0 Å². The molecule has 0 saturated carbocycles. The summed E-state index contributed by atoms with van der Waals surface area (Å²) in [6, 6.07) is 19.6. The number of carbonyl (C=O) groups is 3. The molecule has 42 heavy (non-hydrogen) atoms. The number of rotatable bonds is 5. The summed E-state index contributed by atoms with van der Waals surface area (Å²) in [6.45, 7) is -0.361. The van der Waals surface area contributed by atoms with Crippen LogP contribution in [0.1, 0.15) is 21.9 Å². The molecule has 0 radical (unpaired) electrons. The van der Waals surface area contributed by atoms with Gasteiger partial charge in [-0.1, -0.05) is 77.2 Å². The quantitative estimate of drug-likeness (QED) is 0.273. The lowest BCUT2D eigenvalue weighted by Gasteiger charge is -2.30. The average Bonchev–Trinajstić information content (AvgIpc) is 3.39. The largest absolute Gasteiger partial charge is 0.418 e. The fourth-order valence-electron chi connectivity index (χ4n) is 5.30. The second-order valence-corrected chi connectivity index (χ2v) is 12.2. The number of carbonyl (C=O) groups excluding carboxylic acids is 3. The highest BCUT2D eigenvalue weighted by Crippen LogP contribution is 2.54. The molecule has 1 aromatic heterocycles. The minimum absolute atomic E-state index is 0.321. The van der Waals surface area contributed by atoms with Gasteiger partial charge in [0.1, 0.15) is 11.8 Å². The third kappa shape index (κ3) is 4.93. The van der Waals surface area contributed by atoms with Gasteiger partial charge in [0.2, 0.25) is 17.7 Å². The molecule has 3 atom stereocenters. The highest BCUT2D eigenvalue weighted by molar-refractivity contribution is 8.00. The van der Waals surface area contributed by atoms with Crippen molar-refractivity contribution < 1.29 is 27.6 Å². The van der Waals surface area contributed by atoms with E-state index in [1.807, 2.05) is 0 Å². The maximum absolute atomic E-state index is 13.9. The SMILES string of the molecule is O=C(Cn1c2c(sc1=O)[C@H](c1ccc(Cl)cc1)C1C(=O)N(c3ccccc3C(F)(F)F)C(=O)C1S2)Nc1ccccc1. The number of nitrogens with one attached hydrogen (secondary N) is 1. The Morgan fingerprint density at radius 1 is 0.905 bits per heavy atom. The molecule has 7 nitrogen and oxygen atoms in total. The summed E-state index contributed by atoms with van der Waals surface area (Å²) >= 11 is 7.86. The number of aromatic nitrogens is 1. The number of benzene rings is 3. The van der Waals surface area contributed by atoms with Crippen LogP contribution in [0.3, 0.4) is 0 Å². The number of para-hydroxylation sites is 2. The normalized spacial score (nSPS) is 19.9. The molecule has 4 aromatic rings. The fraction of sp³-hybridized carbons (Fsp3) is 0.172. The molecule has 1 N–H and O–H groups in total. The van der Waals surface area contributed by atoms with Gasteiger partial charge in [0, 0.05) is 21.5 Å². The van der Waals surface area contributed by atoms with E-state index in [1.165, 1.54) is 16.7 Å². The van der Waals surface area contributed by atoms with Crippen LogP contribution >= 0.6 is 34.7 Å². The number of anilines is 2. The molecule has 214 valence electrons. The van der Waals surface area contributed by atoms with Crippen LogP contribution in [0, 0.1) is 5.92 Å². The van der Waals surface area contributed by atoms with Crippen LogP contribution in [-0.4, -0.2) is 27.5 Å². The molecule has 1 fully saturated rings. The van der Waals surface area contributed by atoms with Gasteiger partial charge in [0.25, 0.3) is 0 Å². The molecule has 0 bridgehead atoms. The summed E-state index contributed by atoms with van der Waals surface area (Å²) in [6.07, 6.45) is -4.81. The Balaban J connectivity index is 1.44. The maximum atomic E-state index is 13.9. The predicted molar refractivity (Wildman–Crippen MR) is 154 cm³/mol. The molecule has 2 aliphatic rings. The number of hydrogen-bond donors (Lipinski definition) is 1. The van der Waals surface area contributed by atoms with E-state index in [-0.39, 0.29) is 6.54 Å². The van der Waals surface area contributed by atoms with Gasteiger partial charge in [-0.25, -0.2) is 4.90 Å². The number of alkyl halides is 3. The van der Waals surface area contributed by atoms with Gasteiger partial charge in [-0.15, -0.1) is 0 Å². The van der Waals surface area contributed by atoms with E-state index in [9.17, 15) is 32.3 Å². The Kier molecular flexibility index (Phi) is 7.24. The highest BCUT2D eigenvalue weighted by Gasteiger charge is 2.57. The van der Waals surface area contributed by atoms with Crippen molar-refractivity contribution in [2.24, 2.45) is 5.92 Å². The molecule has 0 aliphatic carbocycles. The number of thioether (sulfide) groups is 1. The molecule has 0 spiro atoms. The van der Waals surface area contributed by atoms with Gasteiger partial charge in [0.05, 0.1) is 22.2 Å². The Morgan fingerprint density at radius 3 is 2.26 bits per heavy atom. The summed E-state index contributed by atoms with van der Waals surface area (Å²) < 4.78 is 43.0. The van der Waals surface area contributed by atoms with E-state index in [0.717, 1.165) is 35.2 Å². The van der Waals surface area contributed by atoms with Crippen molar-refractivity contribution in [1.82, 2.24) is 4.57 Å². The van der Waals surface area contributed by atoms with E-state index in [2.05, 4.69) is 5.32 Å². The molecule has 3 amide bonds. The number of hydrogen-bond acceptors (Lipinski definition) is 6. The standard InChI is InChI=1S/C29H19ClF3N3O4S2/c30-16-12-10-15(11-13-16)21-22-23(26(39)36(25(22)38)19-9-5-4-8-18(19)29(31,32)33)41-27-24(21)42-28(40)35(27)14-20(37)34-17-6-2-1-3-7-17/h1-13,21-23H,14H2,(H,34,37)/t21-,22?,23?/m1/s1. The summed E-state index contributed by atoms with van der Waals surface area (Å²) in [4.78, 5) is 54.4. The van der Waals surface area contributed by atoms with Crippen molar-refractivity contribution in [2.75, 3.05) is 10.2 Å². The smallest absolute Gasteiger partial charge is 0.325 e. The number of amides is 3. The molecule has 6 rings (SSSR count). The second kappa shape index (κ2) is 10.8. The number of nitrogens with zero attached hydrogens (tertiary/aromatic N) is 2. The van der Waals surface area contributed by atoms with Gasteiger partial charge in [-0.05, 0) is 42.0 Å². The topological polar surface area (TPSA) is 88.5 Å². The maximum Gasteiger partial charge on any atom is 0.418 e. The van der Waals surface area contributed by atoms with Crippen molar-refractivity contribution in [2.45, 2.75) is 28.9 Å². The molecule has 2 unspecified atom stereocenters. The van der Waals surface area contributed by atoms with Gasteiger partial charge >= 0.3 is 11.0 Å².